The number of hydrogen-bond donors (Lipinski definition) is 1. The molecule has 0 aliphatic carbocycles. The van der Waals surface area contributed by atoms with E-state index >= 15 is 0 Å². The highest BCUT2D eigenvalue weighted by Crippen LogP contribution is 2.15. The number of halogens is 2. The molecule has 0 amide bonds. The fourth-order valence-corrected chi connectivity index (χ4v) is 1.94. The maximum absolute atomic E-state index is 13.6. The minimum atomic E-state index is -0.529. The number of rotatable bonds is 7. The molecule has 0 aromatic heterocycles. The predicted octanol–water partition coefficient (Wildman–Crippen LogP) is 3.84. The Balaban J connectivity index is 2.66. The number of hydrogen-bond acceptors (Lipinski definition) is 1. The lowest BCUT2D eigenvalue weighted by Gasteiger charge is -2.18. The van der Waals surface area contributed by atoms with Gasteiger partial charge in [-0.15, -0.1) is 6.58 Å². The summed E-state index contributed by atoms with van der Waals surface area (Å²) in [5, 5.41) is 3.33. The molecule has 1 unspecified atom stereocenters. The van der Waals surface area contributed by atoms with Crippen LogP contribution in [-0.2, 0) is 6.42 Å². The molecule has 1 aromatic carbocycles. The SMILES string of the molecule is C=C(C)CCC(Cc1ccc(F)cc1F)NCC. The van der Waals surface area contributed by atoms with Gasteiger partial charge >= 0.3 is 0 Å². The Morgan fingerprint density at radius 3 is 2.67 bits per heavy atom. The summed E-state index contributed by atoms with van der Waals surface area (Å²) < 4.78 is 26.4. The second-order valence-electron chi connectivity index (χ2n) is 4.69. The first-order valence-corrected chi connectivity index (χ1v) is 6.34. The van der Waals surface area contributed by atoms with E-state index in [0.717, 1.165) is 31.0 Å². The zero-order valence-electron chi connectivity index (χ0n) is 11.1. The summed E-state index contributed by atoms with van der Waals surface area (Å²) in [5.74, 6) is -0.994. The Hall–Kier alpha value is -1.22. The fraction of sp³-hybridized carbons (Fsp3) is 0.467. The lowest BCUT2D eigenvalue weighted by molar-refractivity contribution is 0.477. The molecule has 0 bridgehead atoms. The molecular weight excluding hydrogens is 232 g/mol. The van der Waals surface area contributed by atoms with Crippen LogP contribution < -0.4 is 5.32 Å². The second-order valence-corrected chi connectivity index (χ2v) is 4.69. The van der Waals surface area contributed by atoms with Crippen molar-refractivity contribution in [1.82, 2.24) is 5.32 Å². The highest BCUT2D eigenvalue weighted by Gasteiger charge is 2.12. The summed E-state index contributed by atoms with van der Waals surface area (Å²) in [6.07, 6.45) is 2.41. The van der Waals surface area contributed by atoms with E-state index in [0.29, 0.717) is 12.0 Å². The summed E-state index contributed by atoms with van der Waals surface area (Å²) >= 11 is 0. The molecule has 1 N–H and O–H groups in total. The van der Waals surface area contributed by atoms with E-state index in [2.05, 4.69) is 11.9 Å². The molecule has 0 heterocycles. The number of nitrogens with one attached hydrogen (secondary N) is 1. The van der Waals surface area contributed by atoms with Crippen molar-refractivity contribution in [2.75, 3.05) is 6.54 Å². The summed E-state index contributed by atoms with van der Waals surface area (Å²) in [6, 6.07) is 3.97. The molecular formula is C15H21F2N. The van der Waals surface area contributed by atoms with E-state index < -0.39 is 11.6 Å². The first-order valence-electron chi connectivity index (χ1n) is 6.34. The van der Waals surface area contributed by atoms with Crippen molar-refractivity contribution in [3.05, 3.63) is 47.5 Å². The third kappa shape index (κ3) is 4.96. The number of likely N-dealkylation sites (N-methyl/N-ethyl adjacent to an activating group) is 1. The molecule has 0 saturated carbocycles. The average molecular weight is 253 g/mol. The van der Waals surface area contributed by atoms with Crippen molar-refractivity contribution in [3.8, 4) is 0 Å². The van der Waals surface area contributed by atoms with Crippen molar-refractivity contribution >= 4 is 0 Å². The van der Waals surface area contributed by atoms with Crippen molar-refractivity contribution in [1.29, 1.82) is 0 Å². The summed E-state index contributed by atoms with van der Waals surface area (Å²) in [7, 11) is 0. The van der Waals surface area contributed by atoms with E-state index in [1.807, 2.05) is 13.8 Å². The van der Waals surface area contributed by atoms with Crippen LogP contribution in [0.15, 0.2) is 30.4 Å². The highest BCUT2D eigenvalue weighted by atomic mass is 19.1. The summed E-state index contributed by atoms with van der Waals surface area (Å²) in [5.41, 5.74) is 1.68. The van der Waals surface area contributed by atoms with Crippen LogP contribution in [0.4, 0.5) is 8.78 Å². The van der Waals surface area contributed by atoms with Crippen molar-refractivity contribution in [2.24, 2.45) is 0 Å². The van der Waals surface area contributed by atoms with Gasteiger partial charge in [-0.3, -0.25) is 0 Å². The Labute approximate surface area is 108 Å². The summed E-state index contributed by atoms with van der Waals surface area (Å²) in [4.78, 5) is 0. The van der Waals surface area contributed by atoms with Gasteiger partial charge in [-0.25, -0.2) is 8.78 Å². The van der Waals surface area contributed by atoms with Crippen LogP contribution >= 0.6 is 0 Å². The lowest BCUT2D eigenvalue weighted by Crippen LogP contribution is -2.31. The molecule has 0 aliphatic rings. The van der Waals surface area contributed by atoms with Gasteiger partial charge in [-0.2, -0.15) is 0 Å². The van der Waals surface area contributed by atoms with Crippen LogP contribution in [-0.4, -0.2) is 12.6 Å². The first kappa shape index (κ1) is 14.8. The van der Waals surface area contributed by atoms with Crippen molar-refractivity contribution < 1.29 is 8.78 Å². The van der Waals surface area contributed by atoms with Gasteiger partial charge in [0.05, 0.1) is 0 Å². The number of benzene rings is 1. The molecule has 0 spiro atoms. The monoisotopic (exact) mass is 253 g/mol. The zero-order chi connectivity index (χ0) is 13.5. The van der Waals surface area contributed by atoms with E-state index in [4.69, 9.17) is 0 Å². The zero-order valence-corrected chi connectivity index (χ0v) is 11.1. The van der Waals surface area contributed by atoms with Gasteiger partial charge in [0.25, 0.3) is 0 Å². The minimum Gasteiger partial charge on any atom is -0.314 e. The van der Waals surface area contributed by atoms with Gasteiger partial charge in [-0.1, -0.05) is 18.6 Å². The van der Waals surface area contributed by atoms with E-state index in [1.54, 1.807) is 0 Å². The van der Waals surface area contributed by atoms with Crippen LogP contribution in [0.2, 0.25) is 0 Å². The predicted molar refractivity (Wildman–Crippen MR) is 71.6 cm³/mol. The molecule has 100 valence electrons. The summed E-state index contributed by atoms with van der Waals surface area (Å²) in [6.45, 7) is 8.72. The van der Waals surface area contributed by atoms with Gasteiger partial charge < -0.3 is 5.32 Å². The van der Waals surface area contributed by atoms with Crippen LogP contribution in [0.25, 0.3) is 0 Å². The molecule has 0 saturated heterocycles. The number of allylic oxidation sites excluding steroid dienone is 1. The van der Waals surface area contributed by atoms with Gasteiger partial charge in [0.15, 0.2) is 0 Å². The Bertz CT molecular complexity index is 401. The largest absolute Gasteiger partial charge is 0.314 e. The standard InChI is InChI=1S/C15H21F2N/c1-4-18-14(8-5-11(2)3)9-12-6-7-13(16)10-15(12)17/h6-7,10,14,18H,2,4-5,8-9H2,1,3H3. The van der Waals surface area contributed by atoms with E-state index in [-0.39, 0.29) is 6.04 Å². The maximum Gasteiger partial charge on any atom is 0.129 e. The van der Waals surface area contributed by atoms with Crippen molar-refractivity contribution in [3.63, 3.8) is 0 Å². The normalized spacial score (nSPS) is 12.4. The fourth-order valence-electron chi connectivity index (χ4n) is 1.94. The third-order valence-corrected chi connectivity index (χ3v) is 2.89. The van der Waals surface area contributed by atoms with Crippen LogP contribution in [0.5, 0.6) is 0 Å². The minimum absolute atomic E-state index is 0.201. The Kier molecular flexibility index (Phi) is 5.99. The van der Waals surface area contributed by atoms with Gasteiger partial charge in [-0.05, 0) is 44.4 Å². The van der Waals surface area contributed by atoms with Crippen molar-refractivity contribution in [2.45, 2.75) is 39.2 Å². The molecule has 1 nitrogen and oxygen atoms in total. The highest BCUT2D eigenvalue weighted by molar-refractivity contribution is 5.19. The topological polar surface area (TPSA) is 12.0 Å². The molecule has 0 radical (unpaired) electrons. The van der Waals surface area contributed by atoms with E-state index in [1.165, 1.54) is 12.1 Å². The van der Waals surface area contributed by atoms with Gasteiger partial charge in [0, 0.05) is 12.1 Å². The molecule has 0 aliphatic heterocycles. The van der Waals surface area contributed by atoms with E-state index in [9.17, 15) is 8.78 Å². The smallest absolute Gasteiger partial charge is 0.129 e. The first-order chi connectivity index (χ1) is 8.52. The lowest BCUT2D eigenvalue weighted by atomic mass is 9.99. The molecule has 1 aromatic rings. The van der Waals surface area contributed by atoms with Crippen LogP contribution in [0.1, 0.15) is 32.3 Å². The Morgan fingerprint density at radius 2 is 2.11 bits per heavy atom. The molecule has 18 heavy (non-hydrogen) atoms. The molecule has 0 fully saturated rings. The quantitative estimate of drug-likeness (QED) is 0.728. The average Bonchev–Trinajstić information content (AvgIpc) is 2.29. The Morgan fingerprint density at radius 1 is 1.39 bits per heavy atom. The molecule has 3 heteroatoms. The third-order valence-electron chi connectivity index (χ3n) is 2.89. The maximum atomic E-state index is 13.6. The van der Waals surface area contributed by atoms with Gasteiger partial charge in [0.2, 0.25) is 0 Å². The van der Waals surface area contributed by atoms with Crippen LogP contribution in [0, 0.1) is 11.6 Å². The second kappa shape index (κ2) is 7.27. The van der Waals surface area contributed by atoms with Gasteiger partial charge in [0.1, 0.15) is 11.6 Å². The molecule has 1 rings (SSSR count). The molecule has 1 atom stereocenters. The van der Waals surface area contributed by atoms with Crippen LogP contribution in [0.3, 0.4) is 0 Å².